The van der Waals surface area contributed by atoms with Gasteiger partial charge in [0.15, 0.2) is 5.78 Å². The van der Waals surface area contributed by atoms with E-state index in [4.69, 9.17) is 0 Å². The van der Waals surface area contributed by atoms with Crippen LogP contribution in [-0.2, 0) is 9.59 Å². The molecule has 0 unspecified atom stereocenters. The summed E-state index contributed by atoms with van der Waals surface area (Å²) in [7, 11) is 0. The fourth-order valence-corrected chi connectivity index (χ4v) is 5.61. The molecule has 0 heterocycles. The van der Waals surface area contributed by atoms with E-state index in [1.807, 2.05) is 13.0 Å². The Balaban J connectivity index is 2.07. The van der Waals surface area contributed by atoms with Crippen molar-refractivity contribution in [2.24, 2.45) is 28.1 Å². The number of hydrogen-bond acceptors (Lipinski definition) is 2. The average Bonchev–Trinajstić information content (AvgIpc) is 2.50. The highest BCUT2D eigenvalue weighted by Gasteiger charge is 2.60. The predicted molar refractivity (Wildman–Crippen MR) is 89.9 cm³/mol. The first-order valence-corrected chi connectivity index (χ1v) is 8.79. The summed E-state index contributed by atoms with van der Waals surface area (Å²) < 4.78 is 0. The van der Waals surface area contributed by atoms with Gasteiger partial charge in [0, 0.05) is 11.8 Å². The van der Waals surface area contributed by atoms with E-state index in [1.165, 1.54) is 0 Å². The van der Waals surface area contributed by atoms with Crippen molar-refractivity contribution >= 4 is 11.8 Å². The summed E-state index contributed by atoms with van der Waals surface area (Å²) in [6, 6.07) is 0. The van der Waals surface area contributed by atoms with Crippen LogP contribution >= 0.6 is 0 Å². The molecule has 0 aromatic carbocycles. The molecule has 3 heteroatoms. The van der Waals surface area contributed by atoms with E-state index < -0.39 is 11.4 Å². The third-order valence-electron chi connectivity index (χ3n) is 7.27. The Kier molecular flexibility index (Phi) is 3.62. The summed E-state index contributed by atoms with van der Waals surface area (Å²) in [5.41, 5.74) is 0.00301. The number of ketones is 1. The molecule has 2 saturated carbocycles. The molecule has 3 aliphatic carbocycles. The summed E-state index contributed by atoms with van der Waals surface area (Å²) in [6.07, 6.45) is 9.06. The lowest BCUT2D eigenvalue weighted by atomic mass is 9.45. The van der Waals surface area contributed by atoms with Gasteiger partial charge in [0.1, 0.15) is 0 Å². The number of carbonyl (C=O) groups is 2. The molecule has 0 aromatic heterocycles. The van der Waals surface area contributed by atoms with Gasteiger partial charge < -0.3 is 5.11 Å². The normalized spacial score (nSPS) is 46.4. The van der Waals surface area contributed by atoms with Crippen LogP contribution in [0.4, 0.5) is 0 Å². The van der Waals surface area contributed by atoms with E-state index in [1.54, 1.807) is 0 Å². The van der Waals surface area contributed by atoms with E-state index in [0.29, 0.717) is 12.8 Å². The first-order chi connectivity index (χ1) is 10.7. The van der Waals surface area contributed by atoms with Crippen LogP contribution in [0.25, 0.3) is 0 Å². The van der Waals surface area contributed by atoms with Crippen LogP contribution in [0, 0.1) is 28.1 Å². The van der Waals surface area contributed by atoms with Gasteiger partial charge in [-0.1, -0.05) is 32.4 Å². The van der Waals surface area contributed by atoms with E-state index in [9.17, 15) is 14.7 Å². The number of rotatable bonds is 2. The predicted octanol–water partition coefficient (Wildman–Crippen LogP) is 4.39. The molecule has 3 aliphatic rings. The summed E-state index contributed by atoms with van der Waals surface area (Å²) >= 11 is 0. The van der Waals surface area contributed by atoms with Crippen molar-refractivity contribution in [2.75, 3.05) is 0 Å². The highest BCUT2D eigenvalue weighted by Crippen LogP contribution is 2.63. The van der Waals surface area contributed by atoms with Crippen molar-refractivity contribution in [3.05, 3.63) is 24.3 Å². The van der Waals surface area contributed by atoms with Gasteiger partial charge in [0.2, 0.25) is 0 Å². The number of carbonyl (C=O) groups excluding carboxylic acids is 1. The summed E-state index contributed by atoms with van der Waals surface area (Å²) in [4.78, 5) is 24.8. The van der Waals surface area contributed by atoms with E-state index in [-0.39, 0.29) is 28.4 Å². The number of hydrogen-bond donors (Lipinski definition) is 1. The quantitative estimate of drug-likeness (QED) is 0.769. The Morgan fingerprint density at radius 3 is 2.61 bits per heavy atom. The highest BCUT2D eigenvalue weighted by atomic mass is 16.4. The van der Waals surface area contributed by atoms with Crippen molar-refractivity contribution < 1.29 is 14.7 Å². The van der Waals surface area contributed by atoms with E-state index in [2.05, 4.69) is 26.5 Å². The van der Waals surface area contributed by atoms with Crippen molar-refractivity contribution in [2.45, 2.75) is 59.3 Å². The van der Waals surface area contributed by atoms with Crippen molar-refractivity contribution in [1.82, 2.24) is 0 Å². The molecule has 0 aliphatic heterocycles. The molecule has 0 radical (unpaired) electrons. The Hall–Kier alpha value is -1.38. The second-order valence-electron chi connectivity index (χ2n) is 8.66. The minimum absolute atomic E-state index is 0.0519. The van der Waals surface area contributed by atoms with Gasteiger partial charge in [0.25, 0.3) is 0 Å². The third-order valence-corrected chi connectivity index (χ3v) is 7.27. The Bertz CT molecular complexity index is 604. The number of Topliss-reactive ketones (excluding diaryl/α,β-unsaturated/α-hetero) is 1. The number of allylic oxidation sites excluding steroid dienone is 3. The molecule has 0 spiro atoms. The molecule has 5 atom stereocenters. The van der Waals surface area contributed by atoms with Gasteiger partial charge in [-0.3, -0.25) is 9.59 Å². The standard InChI is InChI=1S/C20H28O3/c1-5-18(2)10-7-14-13(12-18)15(21)11-16-19(14,3)8-6-9-20(16,4)17(22)23/h5,12,14,16H,1,6-11H2,2-4H3,(H,22,23)/t14-,16-,18-,19+,20+/m0/s1. The Morgan fingerprint density at radius 2 is 2.00 bits per heavy atom. The minimum Gasteiger partial charge on any atom is -0.481 e. The van der Waals surface area contributed by atoms with Crippen molar-refractivity contribution in [3.8, 4) is 0 Å². The molecule has 1 N–H and O–H groups in total. The first kappa shape index (κ1) is 16.5. The zero-order chi connectivity index (χ0) is 17.0. The maximum atomic E-state index is 12.8. The fraction of sp³-hybridized carbons (Fsp3) is 0.700. The lowest BCUT2D eigenvalue weighted by Crippen LogP contribution is -2.56. The maximum Gasteiger partial charge on any atom is 0.309 e. The Morgan fingerprint density at radius 1 is 1.30 bits per heavy atom. The smallest absolute Gasteiger partial charge is 0.309 e. The van der Waals surface area contributed by atoms with E-state index >= 15 is 0 Å². The molecule has 3 rings (SSSR count). The fourth-order valence-electron chi connectivity index (χ4n) is 5.61. The van der Waals surface area contributed by atoms with Gasteiger partial charge in [-0.15, -0.1) is 6.58 Å². The first-order valence-electron chi connectivity index (χ1n) is 8.79. The second kappa shape index (κ2) is 5.06. The van der Waals surface area contributed by atoms with Gasteiger partial charge in [0.05, 0.1) is 5.41 Å². The molecule has 3 nitrogen and oxygen atoms in total. The molecular formula is C20H28O3. The van der Waals surface area contributed by atoms with Crippen LogP contribution in [0.2, 0.25) is 0 Å². The van der Waals surface area contributed by atoms with Crippen LogP contribution in [0.5, 0.6) is 0 Å². The zero-order valence-corrected chi connectivity index (χ0v) is 14.5. The lowest BCUT2D eigenvalue weighted by Gasteiger charge is -2.58. The van der Waals surface area contributed by atoms with Crippen LogP contribution in [0.15, 0.2) is 24.3 Å². The molecule has 2 fully saturated rings. The van der Waals surface area contributed by atoms with Crippen LogP contribution in [0.1, 0.15) is 59.3 Å². The van der Waals surface area contributed by atoms with Crippen molar-refractivity contribution in [1.29, 1.82) is 0 Å². The van der Waals surface area contributed by atoms with Crippen LogP contribution in [0.3, 0.4) is 0 Å². The molecule has 0 saturated heterocycles. The maximum absolute atomic E-state index is 12.8. The largest absolute Gasteiger partial charge is 0.481 e. The summed E-state index contributed by atoms with van der Waals surface area (Å²) in [6.45, 7) is 10.2. The third kappa shape index (κ3) is 2.23. The monoisotopic (exact) mass is 316 g/mol. The molecule has 0 bridgehead atoms. The Labute approximate surface area is 138 Å². The molecule has 0 aromatic rings. The summed E-state index contributed by atoms with van der Waals surface area (Å²) in [5.74, 6) is -0.412. The SMILES string of the molecule is C=C[C@]1(C)C=C2C(=O)C[C@H]3[C@](C)(CCC[C@@]3(C)C(=O)O)[C@H]2CC1. The van der Waals surface area contributed by atoms with Crippen LogP contribution in [-0.4, -0.2) is 16.9 Å². The van der Waals surface area contributed by atoms with Crippen molar-refractivity contribution in [3.63, 3.8) is 0 Å². The van der Waals surface area contributed by atoms with Gasteiger partial charge in [-0.25, -0.2) is 0 Å². The molecular weight excluding hydrogens is 288 g/mol. The second-order valence-corrected chi connectivity index (χ2v) is 8.66. The number of carboxylic acids is 1. The average molecular weight is 316 g/mol. The topological polar surface area (TPSA) is 54.4 Å². The van der Waals surface area contributed by atoms with Crippen LogP contribution < -0.4 is 0 Å². The minimum atomic E-state index is -0.770. The molecule has 126 valence electrons. The molecule has 0 amide bonds. The number of aliphatic carboxylic acids is 1. The summed E-state index contributed by atoms with van der Waals surface area (Å²) in [5, 5.41) is 9.82. The number of fused-ring (bicyclic) bond motifs is 3. The molecule has 23 heavy (non-hydrogen) atoms. The number of carboxylic acid groups (broad SMARTS) is 1. The van der Waals surface area contributed by atoms with E-state index in [0.717, 1.165) is 31.3 Å². The zero-order valence-electron chi connectivity index (χ0n) is 14.5. The lowest BCUT2D eigenvalue weighted by molar-refractivity contribution is -0.165. The highest BCUT2D eigenvalue weighted by molar-refractivity contribution is 5.98. The van der Waals surface area contributed by atoms with Gasteiger partial charge >= 0.3 is 5.97 Å². The van der Waals surface area contributed by atoms with Gasteiger partial charge in [-0.05, 0) is 55.4 Å². The van der Waals surface area contributed by atoms with Gasteiger partial charge in [-0.2, -0.15) is 0 Å².